The summed E-state index contributed by atoms with van der Waals surface area (Å²) in [5, 5.41) is 8.17. The van der Waals surface area contributed by atoms with E-state index in [1.54, 1.807) is 0 Å². The summed E-state index contributed by atoms with van der Waals surface area (Å²) in [7, 11) is 0. The van der Waals surface area contributed by atoms with E-state index < -0.39 is 0 Å². The Hall–Kier alpha value is 0.250. The van der Waals surface area contributed by atoms with Crippen LogP contribution < -0.4 is 0 Å². The van der Waals surface area contributed by atoms with Gasteiger partial charge in [0, 0.05) is 0 Å². The molecule has 1 aliphatic rings. The average molecular weight is 94.5 g/mol. The van der Waals surface area contributed by atoms with E-state index in [0.29, 0.717) is 0 Å². The van der Waals surface area contributed by atoms with Gasteiger partial charge in [0.1, 0.15) is 0 Å². The number of aliphatic hydroxyl groups is 1. The summed E-state index contributed by atoms with van der Waals surface area (Å²) in [5.74, 6) is 0. The fourth-order valence-corrected chi connectivity index (χ4v) is 0.0745. The van der Waals surface area contributed by atoms with Crippen LogP contribution in [-0.4, -0.2) is 11.2 Å². The zero-order valence-corrected chi connectivity index (χ0v) is 3.66. The second-order valence-corrected chi connectivity index (χ2v) is 1.23. The van der Waals surface area contributed by atoms with Gasteiger partial charge in [-0.1, -0.05) is 0 Å². The number of rotatable bonds is 0. The fourth-order valence-electron chi connectivity index (χ4n) is 0.0745. The molecule has 0 spiro atoms. The van der Waals surface area contributed by atoms with Crippen LogP contribution >= 0.6 is 12.4 Å². The van der Waals surface area contributed by atoms with Gasteiger partial charge < -0.3 is 5.11 Å². The Morgan fingerprint density at radius 1 is 1.40 bits per heavy atom. The lowest BCUT2D eigenvalue weighted by atomic mass is 10.9. The molecule has 5 heavy (non-hydrogen) atoms. The SMILES string of the molecule is Cl.OC1CC1. The third kappa shape index (κ3) is 2.04. The van der Waals surface area contributed by atoms with Crippen molar-refractivity contribution in [1.29, 1.82) is 0 Å². The highest BCUT2D eigenvalue weighted by molar-refractivity contribution is 5.85. The third-order valence-corrected chi connectivity index (χ3v) is 0.547. The van der Waals surface area contributed by atoms with Crippen LogP contribution in [0, 0.1) is 0 Å². The summed E-state index contributed by atoms with van der Waals surface area (Å²) < 4.78 is 0. The molecule has 0 aliphatic heterocycles. The molecule has 32 valence electrons. The Morgan fingerprint density at radius 2 is 1.60 bits per heavy atom. The minimum atomic E-state index is 0. The summed E-state index contributed by atoms with van der Waals surface area (Å²) in [6, 6.07) is 0. The van der Waals surface area contributed by atoms with Crippen LogP contribution in [0.1, 0.15) is 12.8 Å². The van der Waals surface area contributed by atoms with Crippen LogP contribution in [0.3, 0.4) is 0 Å². The zero-order valence-electron chi connectivity index (χ0n) is 2.85. The maximum atomic E-state index is 8.17. The first-order valence-electron chi connectivity index (χ1n) is 1.57. The van der Waals surface area contributed by atoms with Crippen LogP contribution in [-0.2, 0) is 0 Å². The van der Waals surface area contributed by atoms with E-state index in [-0.39, 0.29) is 18.5 Å². The molecular weight excluding hydrogens is 87.5 g/mol. The van der Waals surface area contributed by atoms with Gasteiger partial charge in [-0.3, -0.25) is 0 Å². The van der Waals surface area contributed by atoms with Crippen molar-refractivity contribution in [2.24, 2.45) is 0 Å². The molecule has 0 aromatic heterocycles. The van der Waals surface area contributed by atoms with Crippen LogP contribution in [0.2, 0.25) is 0 Å². The van der Waals surface area contributed by atoms with E-state index in [1.165, 1.54) is 0 Å². The summed E-state index contributed by atoms with van der Waals surface area (Å²) in [4.78, 5) is 0. The largest absolute Gasteiger partial charge is 0.393 e. The van der Waals surface area contributed by atoms with Crippen molar-refractivity contribution in [3.8, 4) is 0 Å². The minimum Gasteiger partial charge on any atom is -0.393 e. The van der Waals surface area contributed by atoms with E-state index in [2.05, 4.69) is 0 Å². The van der Waals surface area contributed by atoms with E-state index in [9.17, 15) is 0 Å². The number of hydrogen-bond acceptors (Lipinski definition) is 1. The van der Waals surface area contributed by atoms with E-state index >= 15 is 0 Å². The lowest BCUT2D eigenvalue weighted by Gasteiger charge is -1.57. The van der Waals surface area contributed by atoms with Crippen molar-refractivity contribution >= 4 is 12.4 Å². The molecule has 0 bridgehead atoms. The van der Waals surface area contributed by atoms with Crippen molar-refractivity contribution in [2.45, 2.75) is 18.9 Å². The number of aliphatic hydroxyl groups excluding tert-OH is 1. The van der Waals surface area contributed by atoms with Gasteiger partial charge in [0.25, 0.3) is 0 Å². The normalized spacial score (nSPS) is 21.0. The molecule has 0 aromatic rings. The highest BCUT2D eigenvalue weighted by atomic mass is 35.5. The van der Waals surface area contributed by atoms with Crippen molar-refractivity contribution in [3.05, 3.63) is 0 Å². The van der Waals surface area contributed by atoms with Crippen LogP contribution in [0.25, 0.3) is 0 Å². The van der Waals surface area contributed by atoms with Crippen LogP contribution in [0.15, 0.2) is 0 Å². The van der Waals surface area contributed by atoms with Crippen molar-refractivity contribution in [1.82, 2.24) is 0 Å². The molecule has 1 N–H and O–H groups in total. The lowest BCUT2D eigenvalue weighted by molar-refractivity contribution is 0.279. The van der Waals surface area contributed by atoms with Gasteiger partial charge in [0.05, 0.1) is 6.10 Å². The van der Waals surface area contributed by atoms with Gasteiger partial charge in [-0.05, 0) is 12.8 Å². The number of hydrogen-bond donors (Lipinski definition) is 1. The Balaban J connectivity index is 0.000000160. The van der Waals surface area contributed by atoms with Crippen LogP contribution in [0.4, 0.5) is 0 Å². The molecule has 1 fully saturated rings. The molecule has 0 saturated heterocycles. The topological polar surface area (TPSA) is 20.2 Å². The van der Waals surface area contributed by atoms with Gasteiger partial charge in [-0.25, -0.2) is 0 Å². The highest BCUT2D eigenvalue weighted by Crippen LogP contribution is 2.16. The fraction of sp³-hybridized carbons (Fsp3) is 1.00. The quantitative estimate of drug-likeness (QED) is 0.465. The van der Waals surface area contributed by atoms with E-state index in [0.717, 1.165) is 12.8 Å². The van der Waals surface area contributed by atoms with Gasteiger partial charge in [0.2, 0.25) is 0 Å². The Labute approximate surface area is 37.4 Å². The highest BCUT2D eigenvalue weighted by Gasteiger charge is 2.15. The lowest BCUT2D eigenvalue weighted by Crippen LogP contribution is -1.65. The molecule has 0 radical (unpaired) electrons. The predicted octanol–water partition coefficient (Wildman–Crippen LogP) is 0.563. The van der Waals surface area contributed by atoms with Gasteiger partial charge >= 0.3 is 0 Å². The molecule has 0 heterocycles. The van der Waals surface area contributed by atoms with Gasteiger partial charge in [-0.2, -0.15) is 0 Å². The first kappa shape index (κ1) is 5.25. The smallest absolute Gasteiger partial charge is 0.0542 e. The van der Waals surface area contributed by atoms with Crippen molar-refractivity contribution in [2.75, 3.05) is 0 Å². The van der Waals surface area contributed by atoms with E-state index in [4.69, 9.17) is 5.11 Å². The molecule has 0 aromatic carbocycles. The monoisotopic (exact) mass is 94.0 g/mol. The molecule has 1 nitrogen and oxygen atoms in total. The Kier molecular flexibility index (Phi) is 1.71. The third-order valence-electron chi connectivity index (χ3n) is 0.547. The average Bonchev–Trinajstić information content (AvgIpc) is 1.75. The Bertz CT molecular complexity index is 26.1. The maximum absolute atomic E-state index is 8.17. The van der Waals surface area contributed by atoms with E-state index in [1.807, 2.05) is 0 Å². The number of halogens is 1. The standard InChI is InChI=1S/C3H6O.ClH/c4-3-1-2-3;/h3-4H,1-2H2;1H. The molecule has 1 aliphatic carbocycles. The Morgan fingerprint density at radius 3 is 1.60 bits per heavy atom. The van der Waals surface area contributed by atoms with Gasteiger partial charge in [0.15, 0.2) is 0 Å². The zero-order chi connectivity index (χ0) is 2.99. The molecule has 0 amide bonds. The molecule has 0 unspecified atom stereocenters. The molecule has 2 heteroatoms. The van der Waals surface area contributed by atoms with Crippen molar-refractivity contribution in [3.63, 3.8) is 0 Å². The first-order valence-corrected chi connectivity index (χ1v) is 1.57. The minimum absolute atomic E-state index is 0. The maximum Gasteiger partial charge on any atom is 0.0542 e. The molecule has 1 saturated carbocycles. The summed E-state index contributed by atoms with van der Waals surface area (Å²) in [6.07, 6.45) is 2.17. The summed E-state index contributed by atoms with van der Waals surface area (Å²) in [5.41, 5.74) is 0. The van der Waals surface area contributed by atoms with Crippen molar-refractivity contribution < 1.29 is 5.11 Å². The summed E-state index contributed by atoms with van der Waals surface area (Å²) in [6.45, 7) is 0. The molecule has 1 rings (SSSR count). The predicted molar refractivity (Wildman–Crippen MR) is 22.5 cm³/mol. The second kappa shape index (κ2) is 1.63. The second-order valence-electron chi connectivity index (χ2n) is 1.23. The molecule has 0 atom stereocenters. The molecular formula is C3H7ClO. The first-order chi connectivity index (χ1) is 1.89. The van der Waals surface area contributed by atoms with Gasteiger partial charge in [-0.15, -0.1) is 12.4 Å². The van der Waals surface area contributed by atoms with Crippen LogP contribution in [0.5, 0.6) is 0 Å². The summed E-state index contributed by atoms with van der Waals surface area (Å²) >= 11 is 0.